The SMILES string of the molecule is CC(C)(C)c1ccc(NC(=O)c2ccc3c(=O)[nH]c(=S)[nH]c3c2)cc1. The van der Waals surface area contributed by atoms with Gasteiger partial charge in [-0.15, -0.1) is 0 Å². The van der Waals surface area contributed by atoms with Crippen LogP contribution in [-0.2, 0) is 5.41 Å². The first-order valence-corrected chi connectivity index (χ1v) is 8.33. The standard InChI is InChI=1S/C19H19N3O2S/c1-19(2,3)12-5-7-13(8-6-12)20-16(23)11-4-9-14-15(10-11)21-18(25)22-17(14)24/h4-10H,1-3H3,(H,20,23)(H2,21,22,24,25). The van der Waals surface area contributed by atoms with Crippen molar-refractivity contribution in [1.29, 1.82) is 0 Å². The Morgan fingerprint density at radius 2 is 1.72 bits per heavy atom. The van der Waals surface area contributed by atoms with Crippen LogP contribution >= 0.6 is 12.2 Å². The highest BCUT2D eigenvalue weighted by Crippen LogP contribution is 2.23. The minimum Gasteiger partial charge on any atom is -0.332 e. The van der Waals surface area contributed by atoms with E-state index < -0.39 is 0 Å². The van der Waals surface area contributed by atoms with Gasteiger partial charge in [0, 0.05) is 11.3 Å². The van der Waals surface area contributed by atoms with Crippen molar-refractivity contribution in [3.05, 3.63) is 68.7 Å². The zero-order chi connectivity index (χ0) is 18.2. The van der Waals surface area contributed by atoms with E-state index in [1.807, 2.05) is 24.3 Å². The third-order valence-corrected chi connectivity index (χ3v) is 4.21. The number of carbonyl (C=O) groups is 1. The van der Waals surface area contributed by atoms with Crippen LogP contribution in [0.15, 0.2) is 47.3 Å². The summed E-state index contributed by atoms with van der Waals surface area (Å²) < 4.78 is 0.229. The average molecular weight is 353 g/mol. The predicted octanol–water partition coefficient (Wildman–Crippen LogP) is 4.14. The normalized spacial score (nSPS) is 11.5. The van der Waals surface area contributed by atoms with E-state index in [1.165, 1.54) is 5.56 Å². The van der Waals surface area contributed by atoms with Gasteiger partial charge in [-0.1, -0.05) is 32.9 Å². The number of amides is 1. The van der Waals surface area contributed by atoms with Crippen LogP contribution in [0.2, 0.25) is 0 Å². The minimum atomic E-state index is -0.275. The molecule has 0 unspecified atom stereocenters. The lowest BCUT2D eigenvalue weighted by atomic mass is 9.87. The lowest BCUT2D eigenvalue weighted by Gasteiger charge is -2.19. The molecule has 0 fully saturated rings. The van der Waals surface area contributed by atoms with Gasteiger partial charge < -0.3 is 10.3 Å². The summed E-state index contributed by atoms with van der Waals surface area (Å²) in [5, 5.41) is 3.32. The molecule has 0 bridgehead atoms. The van der Waals surface area contributed by atoms with Crippen LogP contribution in [0, 0.1) is 4.77 Å². The van der Waals surface area contributed by atoms with Gasteiger partial charge in [0.25, 0.3) is 11.5 Å². The molecule has 3 N–H and O–H groups in total. The van der Waals surface area contributed by atoms with E-state index in [4.69, 9.17) is 12.2 Å². The quantitative estimate of drug-likeness (QED) is 0.606. The number of hydrogen-bond acceptors (Lipinski definition) is 3. The van der Waals surface area contributed by atoms with Crippen molar-refractivity contribution in [2.45, 2.75) is 26.2 Å². The third-order valence-electron chi connectivity index (χ3n) is 4.01. The first-order valence-electron chi connectivity index (χ1n) is 7.92. The molecule has 128 valence electrons. The van der Waals surface area contributed by atoms with Gasteiger partial charge >= 0.3 is 0 Å². The van der Waals surface area contributed by atoms with Crippen LogP contribution in [-0.4, -0.2) is 15.9 Å². The van der Waals surface area contributed by atoms with Crippen molar-refractivity contribution in [3.63, 3.8) is 0 Å². The van der Waals surface area contributed by atoms with Gasteiger partial charge in [0.1, 0.15) is 0 Å². The molecule has 0 saturated carbocycles. The second-order valence-corrected chi connectivity index (χ2v) is 7.36. The number of carbonyl (C=O) groups excluding carboxylic acids is 1. The van der Waals surface area contributed by atoms with Crippen molar-refractivity contribution in [3.8, 4) is 0 Å². The van der Waals surface area contributed by atoms with E-state index >= 15 is 0 Å². The maximum Gasteiger partial charge on any atom is 0.259 e. The van der Waals surface area contributed by atoms with Gasteiger partial charge in [-0.3, -0.25) is 14.6 Å². The number of H-pyrrole nitrogens is 2. The monoisotopic (exact) mass is 353 g/mol. The smallest absolute Gasteiger partial charge is 0.259 e. The molecule has 0 spiro atoms. The summed E-state index contributed by atoms with van der Waals surface area (Å²) in [5.41, 5.74) is 2.68. The molecule has 0 saturated heterocycles. The second kappa shape index (κ2) is 6.29. The third kappa shape index (κ3) is 3.69. The number of fused-ring (bicyclic) bond motifs is 1. The Kier molecular flexibility index (Phi) is 4.30. The maximum absolute atomic E-state index is 12.5. The molecule has 1 heterocycles. The summed E-state index contributed by atoms with van der Waals surface area (Å²) in [6, 6.07) is 12.6. The highest BCUT2D eigenvalue weighted by Gasteiger charge is 2.14. The van der Waals surface area contributed by atoms with Crippen molar-refractivity contribution >= 4 is 34.7 Å². The van der Waals surface area contributed by atoms with Crippen LogP contribution in [0.3, 0.4) is 0 Å². The maximum atomic E-state index is 12.5. The number of anilines is 1. The first-order chi connectivity index (χ1) is 11.7. The van der Waals surface area contributed by atoms with Crippen molar-refractivity contribution in [2.24, 2.45) is 0 Å². The first kappa shape index (κ1) is 17.1. The lowest BCUT2D eigenvalue weighted by Crippen LogP contribution is -2.14. The molecule has 5 nitrogen and oxygen atoms in total. The van der Waals surface area contributed by atoms with Crippen LogP contribution < -0.4 is 10.9 Å². The fraction of sp³-hybridized carbons (Fsp3) is 0.211. The van der Waals surface area contributed by atoms with Crippen LogP contribution in [0.4, 0.5) is 5.69 Å². The number of rotatable bonds is 2. The van der Waals surface area contributed by atoms with Crippen molar-refractivity contribution in [2.75, 3.05) is 5.32 Å². The number of aromatic amines is 2. The minimum absolute atomic E-state index is 0.0612. The van der Waals surface area contributed by atoms with E-state index in [2.05, 4.69) is 36.1 Å². The van der Waals surface area contributed by atoms with Crippen LogP contribution in [0.5, 0.6) is 0 Å². The Morgan fingerprint density at radius 1 is 1.04 bits per heavy atom. The van der Waals surface area contributed by atoms with Gasteiger partial charge in [0.15, 0.2) is 4.77 Å². The second-order valence-electron chi connectivity index (χ2n) is 6.95. The van der Waals surface area contributed by atoms with E-state index in [0.29, 0.717) is 16.5 Å². The fourth-order valence-corrected chi connectivity index (χ4v) is 2.77. The molecule has 1 aromatic heterocycles. The molecule has 6 heteroatoms. The molecule has 3 aromatic rings. The summed E-state index contributed by atoms with van der Waals surface area (Å²) in [5.74, 6) is -0.245. The van der Waals surface area contributed by atoms with Crippen molar-refractivity contribution < 1.29 is 4.79 Å². The average Bonchev–Trinajstić information content (AvgIpc) is 2.53. The topological polar surface area (TPSA) is 77.8 Å². The number of hydrogen-bond donors (Lipinski definition) is 3. The Labute approximate surface area is 150 Å². The number of benzene rings is 2. The fourth-order valence-electron chi connectivity index (χ4n) is 2.57. The molecule has 0 aliphatic carbocycles. The van der Waals surface area contributed by atoms with E-state index in [1.54, 1.807) is 18.2 Å². The van der Waals surface area contributed by atoms with Crippen LogP contribution in [0.25, 0.3) is 10.9 Å². The molecule has 1 amide bonds. The molecule has 0 aliphatic rings. The Morgan fingerprint density at radius 3 is 2.36 bits per heavy atom. The summed E-state index contributed by atoms with van der Waals surface area (Å²) in [6.07, 6.45) is 0. The van der Waals surface area contributed by atoms with Gasteiger partial charge in [-0.05, 0) is 53.5 Å². The molecular formula is C19H19N3O2S. The molecule has 0 atom stereocenters. The molecule has 2 aromatic carbocycles. The van der Waals surface area contributed by atoms with Gasteiger partial charge in [-0.25, -0.2) is 0 Å². The Hall–Kier alpha value is -2.73. The van der Waals surface area contributed by atoms with E-state index in [-0.39, 0.29) is 21.7 Å². The summed E-state index contributed by atoms with van der Waals surface area (Å²) >= 11 is 4.97. The Balaban J connectivity index is 1.87. The molecule has 25 heavy (non-hydrogen) atoms. The zero-order valence-electron chi connectivity index (χ0n) is 14.3. The Bertz CT molecular complexity index is 1060. The summed E-state index contributed by atoms with van der Waals surface area (Å²) in [7, 11) is 0. The molecule has 0 aliphatic heterocycles. The summed E-state index contributed by atoms with van der Waals surface area (Å²) in [6.45, 7) is 6.42. The molecule has 0 radical (unpaired) electrons. The van der Waals surface area contributed by atoms with Gasteiger partial charge in [0.2, 0.25) is 0 Å². The molecular weight excluding hydrogens is 334 g/mol. The van der Waals surface area contributed by atoms with Gasteiger partial charge in [0.05, 0.1) is 10.9 Å². The van der Waals surface area contributed by atoms with Gasteiger partial charge in [-0.2, -0.15) is 0 Å². The predicted molar refractivity (Wildman–Crippen MR) is 103 cm³/mol. The van der Waals surface area contributed by atoms with Crippen molar-refractivity contribution in [1.82, 2.24) is 9.97 Å². The number of aromatic nitrogens is 2. The zero-order valence-corrected chi connectivity index (χ0v) is 15.1. The number of nitrogens with one attached hydrogen (secondary N) is 3. The van der Waals surface area contributed by atoms with Crippen LogP contribution in [0.1, 0.15) is 36.7 Å². The van der Waals surface area contributed by atoms with E-state index in [0.717, 1.165) is 5.69 Å². The molecule has 3 rings (SSSR count). The highest BCUT2D eigenvalue weighted by molar-refractivity contribution is 7.71. The summed E-state index contributed by atoms with van der Waals surface area (Å²) in [4.78, 5) is 29.7. The lowest BCUT2D eigenvalue weighted by molar-refractivity contribution is 0.102. The largest absolute Gasteiger partial charge is 0.332 e. The van der Waals surface area contributed by atoms with E-state index in [9.17, 15) is 9.59 Å². The highest BCUT2D eigenvalue weighted by atomic mass is 32.1.